The average molecular weight is 322 g/mol. The van der Waals surface area contributed by atoms with E-state index in [0.717, 1.165) is 22.8 Å². The van der Waals surface area contributed by atoms with E-state index < -0.39 is 0 Å². The van der Waals surface area contributed by atoms with E-state index in [2.05, 4.69) is 24.4 Å². The second kappa shape index (κ2) is 5.79. The first kappa shape index (κ1) is 14.4. The van der Waals surface area contributed by atoms with Gasteiger partial charge >= 0.3 is 0 Å². The Hall–Kier alpha value is -0.180. The van der Waals surface area contributed by atoms with Crippen LogP contribution >= 0.6 is 23.4 Å². The summed E-state index contributed by atoms with van der Waals surface area (Å²) in [6, 6.07) is 7.52. The first-order chi connectivity index (χ1) is 10.2. The van der Waals surface area contributed by atoms with Gasteiger partial charge in [0.2, 0.25) is 0 Å². The monoisotopic (exact) mass is 321 g/mol. The van der Waals surface area contributed by atoms with Gasteiger partial charge < -0.3 is 5.32 Å². The van der Waals surface area contributed by atoms with Gasteiger partial charge in [-0.05, 0) is 79.9 Å². The summed E-state index contributed by atoms with van der Waals surface area (Å²) in [6.45, 7) is 2.41. The van der Waals surface area contributed by atoms with Gasteiger partial charge in [-0.25, -0.2) is 0 Å². The van der Waals surface area contributed by atoms with E-state index in [1.807, 2.05) is 17.8 Å². The molecular formula is C18H24ClNS. The molecule has 1 heterocycles. The highest BCUT2D eigenvalue weighted by Gasteiger charge is 2.42. The van der Waals surface area contributed by atoms with Gasteiger partial charge in [0, 0.05) is 22.0 Å². The molecule has 3 aliphatic rings. The maximum atomic E-state index is 6.22. The van der Waals surface area contributed by atoms with Crippen LogP contribution in [0.2, 0.25) is 5.02 Å². The fourth-order valence-corrected chi connectivity index (χ4v) is 6.17. The minimum Gasteiger partial charge on any atom is -0.307 e. The minimum atomic E-state index is 0.495. The van der Waals surface area contributed by atoms with Crippen molar-refractivity contribution >= 4 is 23.4 Å². The van der Waals surface area contributed by atoms with Crippen molar-refractivity contribution in [2.24, 2.45) is 17.8 Å². The summed E-state index contributed by atoms with van der Waals surface area (Å²) in [6.07, 6.45) is 7.15. The van der Waals surface area contributed by atoms with E-state index in [-0.39, 0.29) is 0 Å². The lowest BCUT2D eigenvalue weighted by Crippen LogP contribution is -2.39. The number of rotatable bonds is 3. The lowest BCUT2D eigenvalue weighted by atomic mass is 9.83. The molecule has 1 aromatic carbocycles. The molecule has 1 nitrogen and oxygen atoms in total. The molecule has 4 rings (SSSR count). The molecule has 5 atom stereocenters. The van der Waals surface area contributed by atoms with E-state index in [4.69, 9.17) is 11.6 Å². The van der Waals surface area contributed by atoms with Crippen molar-refractivity contribution in [2.75, 3.05) is 5.75 Å². The topological polar surface area (TPSA) is 12.0 Å². The van der Waals surface area contributed by atoms with Gasteiger partial charge in [-0.3, -0.25) is 0 Å². The van der Waals surface area contributed by atoms with Crippen molar-refractivity contribution in [1.82, 2.24) is 5.32 Å². The van der Waals surface area contributed by atoms with Crippen LogP contribution in [0, 0.1) is 17.8 Å². The number of halogens is 1. The zero-order chi connectivity index (χ0) is 14.4. The third-order valence-electron chi connectivity index (χ3n) is 5.91. The van der Waals surface area contributed by atoms with Gasteiger partial charge in [0.05, 0.1) is 0 Å². The second-order valence-electron chi connectivity index (χ2n) is 7.17. The number of fused-ring (bicyclic) bond motifs is 3. The Kier molecular flexibility index (Phi) is 3.97. The van der Waals surface area contributed by atoms with Gasteiger partial charge in [0.1, 0.15) is 0 Å². The Bertz CT molecular complexity index is 532. The van der Waals surface area contributed by atoms with Crippen LogP contribution in [-0.4, -0.2) is 11.8 Å². The first-order valence-electron chi connectivity index (χ1n) is 8.39. The quantitative estimate of drug-likeness (QED) is 0.811. The number of hydrogen-bond acceptors (Lipinski definition) is 2. The molecule has 2 saturated carbocycles. The predicted molar refractivity (Wildman–Crippen MR) is 91.1 cm³/mol. The molecule has 3 heteroatoms. The van der Waals surface area contributed by atoms with E-state index >= 15 is 0 Å². The normalized spacial score (nSPS) is 35.7. The second-order valence-corrected chi connectivity index (χ2v) is 8.74. The Morgan fingerprint density at radius 3 is 2.90 bits per heavy atom. The summed E-state index contributed by atoms with van der Waals surface area (Å²) < 4.78 is 0. The summed E-state index contributed by atoms with van der Waals surface area (Å²) >= 11 is 8.19. The van der Waals surface area contributed by atoms with Crippen molar-refractivity contribution in [1.29, 1.82) is 0 Å². The van der Waals surface area contributed by atoms with Crippen LogP contribution in [0.5, 0.6) is 0 Å². The molecular weight excluding hydrogens is 298 g/mol. The molecule has 0 aromatic heterocycles. The van der Waals surface area contributed by atoms with E-state index in [0.29, 0.717) is 12.1 Å². The maximum absolute atomic E-state index is 6.22. The lowest BCUT2D eigenvalue weighted by Gasteiger charge is -2.34. The van der Waals surface area contributed by atoms with Gasteiger partial charge in [-0.2, -0.15) is 0 Å². The fourth-order valence-electron chi connectivity index (χ4n) is 4.89. The van der Waals surface area contributed by atoms with Gasteiger partial charge in [-0.1, -0.05) is 18.0 Å². The number of nitrogens with one attached hydrogen (secondary N) is 1. The van der Waals surface area contributed by atoms with Crippen LogP contribution in [0.25, 0.3) is 0 Å². The Morgan fingerprint density at radius 1 is 1.24 bits per heavy atom. The lowest BCUT2D eigenvalue weighted by molar-refractivity contribution is 0.242. The van der Waals surface area contributed by atoms with Gasteiger partial charge in [0.15, 0.2) is 0 Å². The molecule has 1 aromatic rings. The van der Waals surface area contributed by atoms with Crippen molar-refractivity contribution in [3.05, 3.63) is 28.8 Å². The zero-order valence-electron chi connectivity index (χ0n) is 12.6. The summed E-state index contributed by atoms with van der Waals surface area (Å²) in [5.41, 5.74) is 1.42. The van der Waals surface area contributed by atoms with Crippen LogP contribution in [0.15, 0.2) is 23.1 Å². The molecule has 0 radical (unpaired) electrons. The van der Waals surface area contributed by atoms with Crippen LogP contribution in [0.3, 0.4) is 0 Å². The third kappa shape index (κ3) is 2.75. The number of thioether (sulfide) groups is 1. The predicted octanol–water partition coefficient (Wildman–Crippen LogP) is 5.29. The van der Waals surface area contributed by atoms with Crippen molar-refractivity contribution in [2.45, 2.75) is 56.0 Å². The van der Waals surface area contributed by atoms with Crippen LogP contribution in [0.1, 0.15) is 50.6 Å². The molecule has 1 aliphatic heterocycles. The van der Waals surface area contributed by atoms with E-state index in [1.54, 1.807) is 0 Å². The van der Waals surface area contributed by atoms with Crippen molar-refractivity contribution in [3.63, 3.8) is 0 Å². The molecule has 2 fully saturated rings. The smallest absolute Gasteiger partial charge is 0.0410 e. The largest absolute Gasteiger partial charge is 0.307 e. The highest BCUT2D eigenvalue weighted by atomic mass is 35.5. The van der Waals surface area contributed by atoms with E-state index in [1.165, 1.54) is 48.3 Å². The summed E-state index contributed by atoms with van der Waals surface area (Å²) in [5.74, 6) is 4.15. The SMILES string of the molecule is CC(NC1CCSc2ccc(Cl)cc21)C1CC2CCC1C2. The fraction of sp³-hybridized carbons (Fsp3) is 0.667. The van der Waals surface area contributed by atoms with Crippen LogP contribution in [0.4, 0.5) is 0 Å². The van der Waals surface area contributed by atoms with Gasteiger partial charge in [0.25, 0.3) is 0 Å². The van der Waals surface area contributed by atoms with Crippen LogP contribution in [-0.2, 0) is 0 Å². The summed E-state index contributed by atoms with van der Waals surface area (Å²) in [7, 11) is 0. The van der Waals surface area contributed by atoms with Gasteiger partial charge in [-0.15, -0.1) is 11.8 Å². The molecule has 0 amide bonds. The number of hydrogen-bond donors (Lipinski definition) is 1. The summed E-state index contributed by atoms with van der Waals surface area (Å²) in [5, 5.41) is 4.83. The molecule has 5 unspecified atom stereocenters. The third-order valence-corrected chi connectivity index (χ3v) is 7.27. The maximum Gasteiger partial charge on any atom is 0.0410 e. The Labute approximate surface area is 137 Å². The highest BCUT2D eigenvalue weighted by Crippen LogP contribution is 2.50. The van der Waals surface area contributed by atoms with Crippen molar-refractivity contribution in [3.8, 4) is 0 Å². The molecule has 0 saturated heterocycles. The minimum absolute atomic E-state index is 0.495. The number of benzene rings is 1. The molecule has 0 spiro atoms. The molecule has 114 valence electrons. The molecule has 1 N–H and O–H groups in total. The molecule has 2 bridgehead atoms. The molecule has 21 heavy (non-hydrogen) atoms. The Balaban J connectivity index is 1.49. The summed E-state index contributed by atoms with van der Waals surface area (Å²) in [4.78, 5) is 1.42. The first-order valence-corrected chi connectivity index (χ1v) is 9.75. The molecule has 2 aliphatic carbocycles. The van der Waals surface area contributed by atoms with Crippen molar-refractivity contribution < 1.29 is 0 Å². The standard InChI is InChI=1S/C18H24ClNS/c1-11(15-9-12-2-3-13(15)8-12)20-17-6-7-21-18-5-4-14(19)10-16(17)18/h4-5,10-13,15,17,20H,2-3,6-9H2,1H3. The highest BCUT2D eigenvalue weighted by molar-refractivity contribution is 7.99. The van der Waals surface area contributed by atoms with E-state index in [9.17, 15) is 0 Å². The van der Waals surface area contributed by atoms with Crippen LogP contribution < -0.4 is 5.32 Å². The zero-order valence-corrected chi connectivity index (χ0v) is 14.2. The average Bonchev–Trinajstić information content (AvgIpc) is 3.10. The Morgan fingerprint density at radius 2 is 2.14 bits per heavy atom.